The second-order valence-corrected chi connectivity index (χ2v) is 6.57. The molecule has 2 aromatic rings. The van der Waals surface area contributed by atoms with Gasteiger partial charge in [-0.15, -0.1) is 0 Å². The van der Waals surface area contributed by atoms with Gasteiger partial charge in [0.2, 0.25) is 5.82 Å². The van der Waals surface area contributed by atoms with Crippen molar-refractivity contribution in [1.29, 1.82) is 0 Å². The largest absolute Gasteiger partial charge is 0.444 e. The minimum atomic E-state index is -1.17. The van der Waals surface area contributed by atoms with E-state index in [4.69, 9.17) is 9.26 Å². The number of nitrogens with zero attached hydrogens (tertiary/aromatic N) is 2. The lowest BCUT2D eigenvalue weighted by Gasteiger charge is -2.24. The fourth-order valence-electron chi connectivity index (χ4n) is 2.11. The number of aliphatic hydroxyl groups is 1. The number of carbonyl (C=O) groups is 1. The molecule has 1 heterocycles. The lowest BCUT2D eigenvalue weighted by atomic mass is 10.1. The first-order valence-corrected chi connectivity index (χ1v) is 7.96. The Morgan fingerprint density at radius 1 is 1.36 bits per heavy atom. The second-order valence-electron chi connectivity index (χ2n) is 6.57. The molecule has 136 valence electrons. The van der Waals surface area contributed by atoms with Crippen molar-refractivity contribution in [2.75, 3.05) is 0 Å². The Bertz CT molecular complexity index is 709. The van der Waals surface area contributed by atoms with Crippen LogP contribution in [0.1, 0.15) is 46.0 Å². The first kappa shape index (κ1) is 18.9. The molecule has 0 spiro atoms. The van der Waals surface area contributed by atoms with E-state index in [9.17, 15) is 14.3 Å². The molecule has 0 saturated carbocycles. The van der Waals surface area contributed by atoms with Crippen molar-refractivity contribution in [3.8, 4) is 11.5 Å². The second kappa shape index (κ2) is 7.60. The highest BCUT2D eigenvalue weighted by molar-refractivity contribution is 5.68. The summed E-state index contributed by atoms with van der Waals surface area (Å²) in [4.78, 5) is 16.0. The topological polar surface area (TPSA) is 97.5 Å². The van der Waals surface area contributed by atoms with Gasteiger partial charge in [0, 0.05) is 5.56 Å². The Hall–Kier alpha value is -2.48. The Morgan fingerprint density at radius 2 is 2.00 bits per heavy atom. The monoisotopic (exact) mass is 351 g/mol. The molecule has 25 heavy (non-hydrogen) atoms. The molecule has 7 nitrogen and oxygen atoms in total. The molecule has 2 rings (SSSR count). The highest BCUT2D eigenvalue weighted by atomic mass is 19.1. The van der Waals surface area contributed by atoms with Gasteiger partial charge in [-0.25, -0.2) is 9.18 Å². The summed E-state index contributed by atoms with van der Waals surface area (Å²) in [7, 11) is 0. The van der Waals surface area contributed by atoms with E-state index in [1.165, 1.54) is 24.3 Å². The molecule has 0 aliphatic heterocycles. The third kappa shape index (κ3) is 5.25. The number of aliphatic hydroxyl groups excluding tert-OH is 1. The Morgan fingerprint density at radius 3 is 2.56 bits per heavy atom. The molecular formula is C17H22FN3O4. The van der Waals surface area contributed by atoms with Crippen LogP contribution in [0.2, 0.25) is 0 Å². The molecule has 1 unspecified atom stereocenters. The third-order valence-corrected chi connectivity index (χ3v) is 3.32. The van der Waals surface area contributed by atoms with Gasteiger partial charge in [0.15, 0.2) is 0 Å². The number of ether oxygens (including phenoxy) is 1. The van der Waals surface area contributed by atoms with Gasteiger partial charge in [-0.05, 0) is 51.5 Å². The summed E-state index contributed by atoms with van der Waals surface area (Å²) in [6.45, 7) is 7.04. The molecule has 0 fully saturated rings. The number of alkyl carbamates (subject to hydrolysis) is 1. The van der Waals surface area contributed by atoms with Crippen LogP contribution in [-0.4, -0.2) is 33.0 Å². The highest BCUT2D eigenvalue weighted by Gasteiger charge is 2.28. The van der Waals surface area contributed by atoms with Crippen molar-refractivity contribution in [3.63, 3.8) is 0 Å². The summed E-state index contributed by atoms with van der Waals surface area (Å²) in [5.74, 6) is -0.195. The number of benzene rings is 1. The van der Waals surface area contributed by atoms with E-state index < -0.39 is 23.8 Å². The summed E-state index contributed by atoms with van der Waals surface area (Å²) >= 11 is 0. The quantitative estimate of drug-likeness (QED) is 0.858. The predicted octanol–water partition coefficient (Wildman–Crippen LogP) is 3.21. The number of rotatable bonds is 5. The molecule has 1 aromatic heterocycles. The zero-order chi connectivity index (χ0) is 18.6. The van der Waals surface area contributed by atoms with Crippen LogP contribution in [0.5, 0.6) is 0 Å². The molecule has 0 bridgehead atoms. The maximum absolute atomic E-state index is 13.0. The van der Waals surface area contributed by atoms with Gasteiger partial charge in [0.25, 0.3) is 5.89 Å². The zero-order valence-corrected chi connectivity index (χ0v) is 14.6. The van der Waals surface area contributed by atoms with E-state index in [-0.39, 0.29) is 17.5 Å². The van der Waals surface area contributed by atoms with Crippen molar-refractivity contribution in [3.05, 3.63) is 35.9 Å². The van der Waals surface area contributed by atoms with E-state index in [0.29, 0.717) is 12.0 Å². The molecule has 0 saturated heterocycles. The number of halogens is 1. The normalized spacial score (nSPS) is 14.0. The van der Waals surface area contributed by atoms with Gasteiger partial charge in [-0.2, -0.15) is 4.98 Å². The Kier molecular flexibility index (Phi) is 5.73. The van der Waals surface area contributed by atoms with E-state index in [2.05, 4.69) is 15.5 Å². The van der Waals surface area contributed by atoms with Crippen molar-refractivity contribution in [1.82, 2.24) is 15.5 Å². The Labute approximate surface area is 145 Å². The van der Waals surface area contributed by atoms with Gasteiger partial charge in [0.1, 0.15) is 17.5 Å². The van der Waals surface area contributed by atoms with Gasteiger partial charge in [-0.1, -0.05) is 12.1 Å². The highest BCUT2D eigenvalue weighted by Crippen LogP contribution is 2.22. The summed E-state index contributed by atoms with van der Waals surface area (Å²) in [6.07, 6.45) is -1.38. The number of hydrogen-bond donors (Lipinski definition) is 2. The van der Waals surface area contributed by atoms with Crippen molar-refractivity contribution in [2.24, 2.45) is 0 Å². The summed E-state index contributed by atoms with van der Waals surface area (Å²) in [5, 5.41) is 16.8. The summed E-state index contributed by atoms with van der Waals surface area (Å²) in [6, 6.07) is 4.89. The van der Waals surface area contributed by atoms with Crippen LogP contribution in [0.25, 0.3) is 11.5 Å². The number of amides is 1. The standard InChI is InChI=1S/C17H22FN3O4/c1-5-12(19-16(23)24-17(2,3)4)13(22)14-20-15(25-21-14)10-6-8-11(18)9-7-10/h6-9,12-13,22H,5H2,1-4H3,(H,19,23)/t12-,13?/m0/s1. The first-order valence-electron chi connectivity index (χ1n) is 7.96. The van der Waals surface area contributed by atoms with Crippen LogP contribution >= 0.6 is 0 Å². The maximum Gasteiger partial charge on any atom is 0.407 e. The van der Waals surface area contributed by atoms with E-state index in [0.717, 1.165) is 0 Å². The molecular weight excluding hydrogens is 329 g/mol. The van der Waals surface area contributed by atoms with Crippen LogP contribution in [0.4, 0.5) is 9.18 Å². The number of carbonyl (C=O) groups excluding carboxylic acids is 1. The van der Waals surface area contributed by atoms with Gasteiger partial charge in [0.05, 0.1) is 6.04 Å². The first-order chi connectivity index (χ1) is 11.7. The summed E-state index contributed by atoms with van der Waals surface area (Å²) < 4.78 is 23.3. The minimum Gasteiger partial charge on any atom is -0.444 e. The fraction of sp³-hybridized carbons (Fsp3) is 0.471. The summed E-state index contributed by atoms with van der Waals surface area (Å²) in [5.41, 5.74) is -0.115. The van der Waals surface area contributed by atoms with Crippen LogP contribution in [0, 0.1) is 5.82 Å². The molecule has 0 radical (unpaired) electrons. The van der Waals surface area contributed by atoms with Gasteiger partial charge >= 0.3 is 6.09 Å². The van der Waals surface area contributed by atoms with Crippen LogP contribution in [-0.2, 0) is 4.74 Å². The molecule has 8 heteroatoms. The van der Waals surface area contributed by atoms with E-state index in [1.807, 2.05) is 0 Å². The molecule has 1 amide bonds. The van der Waals surface area contributed by atoms with Crippen LogP contribution < -0.4 is 5.32 Å². The van der Waals surface area contributed by atoms with Crippen molar-refractivity contribution < 1.29 is 23.6 Å². The van der Waals surface area contributed by atoms with Gasteiger partial charge < -0.3 is 19.7 Å². The average Bonchev–Trinajstić information content (AvgIpc) is 3.01. The molecule has 1 aromatic carbocycles. The Balaban J connectivity index is 2.09. The van der Waals surface area contributed by atoms with Gasteiger partial charge in [-0.3, -0.25) is 0 Å². The minimum absolute atomic E-state index is 0.0298. The smallest absolute Gasteiger partial charge is 0.407 e. The maximum atomic E-state index is 13.0. The fourth-order valence-corrected chi connectivity index (χ4v) is 2.11. The van der Waals surface area contributed by atoms with Crippen molar-refractivity contribution >= 4 is 6.09 Å². The molecule has 2 N–H and O–H groups in total. The zero-order valence-electron chi connectivity index (χ0n) is 14.6. The molecule has 0 aliphatic carbocycles. The number of hydrogen-bond acceptors (Lipinski definition) is 6. The average molecular weight is 351 g/mol. The van der Waals surface area contributed by atoms with Crippen LogP contribution in [0.3, 0.4) is 0 Å². The van der Waals surface area contributed by atoms with E-state index >= 15 is 0 Å². The lowest BCUT2D eigenvalue weighted by Crippen LogP contribution is -2.42. The van der Waals surface area contributed by atoms with E-state index in [1.54, 1.807) is 27.7 Å². The molecule has 2 atom stereocenters. The third-order valence-electron chi connectivity index (χ3n) is 3.32. The lowest BCUT2D eigenvalue weighted by molar-refractivity contribution is 0.0406. The van der Waals surface area contributed by atoms with Crippen LogP contribution in [0.15, 0.2) is 28.8 Å². The predicted molar refractivity (Wildman–Crippen MR) is 88.1 cm³/mol. The van der Waals surface area contributed by atoms with Crippen molar-refractivity contribution in [2.45, 2.75) is 51.9 Å². The number of nitrogens with one attached hydrogen (secondary N) is 1. The number of aromatic nitrogens is 2. The molecule has 0 aliphatic rings. The SMILES string of the molecule is CC[C@H](NC(=O)OC(C)(C)C)C(O)c1noc(-c2ccc(F)cc2)n1.